The summed E-state index contributed by atoms with van der Waals surface area (Å²) in [5.41, 5.74) is 7.94. The quantitative estimate of drug-likeness (QED) is 0.471. The number of carboxylic acid groups (broad SMARTS) is 1. The molecule has 0 heterocycles. The Morgan fingerprint density at radius 1 is 1.62 bits per heavy atom. The van der Waals surface area contributed by atoms with Gasteiger partial charge in [-0.25, -0.2) is 5.43 Å². The molecule has 0 aromatic carbocycles. The van der Waals surface area contributed by atoms with Crippen LogP contribution in [-0.4, -0.2) is 41.6 Å². The van der Waals surface area contributed by atoms with Gasteiger partial charge in [0.15, 0.2) is 0 Å². The van der Waals surface area contributed by atoms with Crippen LogP contribution in [0.2, 0.25) is 0 Å². The molecule has 1 atom stereocenters. The van der Waals surface area contributed by atoms with Gasteiger partial charge in [-0.2, -0.15) is 0 Å². The molecule has 0 bridgehead atoms. The minimum atomic E-state index is -1.03. The highest BCUT2D eigenvalue weighted by Crippen LogP contribution is 1.86. The van der Waals surface area contributed by atoms with Crippen LogP contribution in [-0.2, 0) is 9.59 Å². The molecule has 6 nitrogen and oxygen atoms in total. The van der Waals surface area contributed by atoms with E-state index in [1.807, 2.05) is 0 Å². The van der Waals surface area contributed by atoms with Crippen LogP contribution in [0, 0.1) is 0 Å². The number of hydrazine groups is 1. The van der Waals surface area contributed by atoms with E-state index in [0.717, 1.165) is 0 Å². The maximum atomic E-state index is 10.7. The van der Waals surface area contributed by atoms with Crippen molar-refractivity contribution >= 4 is 11.9 Å². The third-order valence-electron chi connectivity index (χ3n) is 1.59. The zero-order valence-electron chi connectivity index (χ0n) is 7.78. The SMILES string of the molecule is CC(=O)N(C)NCC[C@H](N)C(=O)O. The maximum Gasteiger partial charge on any atom is 0.320 e. The van der Waals surface area contributed by atoms with Gasteiger partial charge < -0.3 is 10.8 Å². The Balaban J connectivity index is 3.56. The van der Waals surface area contributed by atoms with Crippen molar-refractivity contribution < 1.29 is 14.7 Å². The molecule has 0 fully saturated rings. The van der Waals surface area contributed by atoms with Crippen molar-refractivity contribution in [2.45, 2.75) is 19.4 Å². The molecule has 0 saturated carbocycles. The van der Waals surface area contributed by atoms with Gasteiger partial charge in [0, 0.05) is 20.5 Å². The van der Waals surface area contributed by atoms with Crippen LogP contribution < -0.4 is 11.2 Å². The van der Waals surface area contributed by atoms with Crippen molar-refractivity contribution in [1.29, 1.82) is 0 Å². The molecule has 0 radical (unpaired) electrons. The average molecular weight is 189 g/mol. The molecule has 76 valence electrons. The maximum absolute atomic E-state index is 10.7. The highest BCUT2D eigenvalue weighted by atomic mass is 16.4. The second-order valence-corrected chi connectivity index (χ2v) is 2.72. The Morgan fingerprint density at radius 3 is 2.54 bits per heavy atom. The van der Waals surface area contributed by atoms with E-state index in [2.05, 4.69) is 5.43 Å². The molecular formula is C7H15N3O3. The van der Waals surface area contributed by atoms with Gasteiger partial charge in [-0.05, 0) is 6.42 Å². The summed E-state index contributed by atoms with van der Waals surface area (Å²) in [6, 6.07) is -0.882. The number of aliphatic carboxylic acids is 1. The van der Waals surface area contributed by atoms with Crippen LogP contribution in [0.3, 0.4) is 0 Å². The summed E-state index contributed by atoms with van der Waals surface area (Å²) in [5.74, 6) is -1.17. The Labute approximate surface area is 76.7 Å². The molecule has 4 N–H and O–H groups in total. The van der Waals surface area contributed by atoms with Gasteiger partial charge in [0.05, 0.1) is 0 Å². The number of amides is 1. The smallest absolute Gasteiger partial charge is 0.320 e. The van der Waals surface area contributed by atoms with Crippen molar-refractivity contribution in [3.63, 3.8) is 0 Å². The molecule has 0 rings (SSSR count). The Hall–Kier alpha value is -1.14. The number of carboxylic acids is 1. The first-order chi connectivity index (χ1) is 5.95. The minimum Gasteiger partial charge on any atom is -0.480 e. The monoisotopic (exact) mass is 189 g/mol. The molecule has 0 aliphatic heterocycles. The van der Waals surface area contributed by atoms with Gasteiger partial charge in [0.1, 0.15) is 6.04 Å². The normalized spacial score (nSPS) is 12.2. The van der Waals surface area contributed by atoms with Gasteiger partial charge in [-0.3, -0.25) is 14.6 Å². The van der Waals surface area contributed by atoms with E-state index in [0.29, 0.717) is 6.54 Å². The predicted molar refractivity (Wildman–Crippen MR) is 46.7 cm³/mol. The van der Waals surface area contributed by atoms with E-state index in [9.17, 15) is 9.59 Å². The van der Waals surface area contributed by atoms with E-state index in [1.165, 1.54) is 11.9 Å². The lowest BCUT2D eigenvalue weighted by molar-refractivity contribution is -0.138. The number of carbonyl (C=O) groups is 2. The van der Waals surface area contributed by atoms with Gasteiger partial charge in [0.25, 0.3) is 0 Å². The summed E-state index contributed by atoms with van der Waals surface area (Å²) >= 11 is 0. The molecule has 0 aliphatic rings. The number of hydrogen-bond acceptors (Lipinski definition) is 4. The summed E-state index contributed by atoms with van der Waals surface area (Å²) in [6.45, 7) is 1.77. The molecule has 0 aliphatic carbocycles. The molecule has 0 aromatic rings. The summed E-state index contributed by atoms with van der Waals surface area (Å²) in [7, 11) is 1.56. The van der Waals surface area contributed by atoms with E-state index in [-0.39, 0.29) is 12.3 Å². The Morgan fingerprint density at radius 2 is 2.15 bits per heavy atom. The van der Waals surface area contributed by atoms with E-state index >= 15 is 0 Å². The van der Waals surface area contributed by atoms with Crippen molar-refractivity contribution in [1.82, 2.24) is 10.4 Å². The van der Waals surface area contributed by atoms with E-state index in [1.54, 1.807) is 7.05 Å². The number of carbonyl (C=O) groups excluding carboxylic acids is 1. The lowest BCUT2D eigenvalue weighted by Crippen LogP contribution is -2.41. The van der Waals surface area contributed by atoms with Crippen LogP contribution in [0.1, 0.15) is 13.3 Å². The number of nitrogens with one attached hydrogen (secondary N) is 1. The molecule has 0 unspecified atom stereocenters. The Bertz CT molecular complexity index is 175. The van der Waals surface area contributed by atoms with Crippen molar-refractivity contribution in [2.75, 3.05) is 13.6 Å². The van der Waals surface area contributed by atoms with E-state index in [4.69, 9.17) is 10.8 Å². The highest BCUT2D eigenvalue weighted by molar-refractivity contribution is 5.73. The third kappa shape index (κ3) is 5.15. The zero-order valence-corrected chi connectivity index (χ0v) is 7.78. The minimum absolute atomic E-state index is 0.135. The van der Waals surface area contributed by atoms with Gasteiger partial charge in [-0.1, -0.05) is 0 Å². The van der Waals surface area contributed by atoms with Crippen LogP contribution >= 0.6 is 0 Å². The zero-order chi connectivity index (χ0) is 10.4. The molecule has 0 saturated heterocycles. The van der Waals surface area contributed by atoms with Gasteiger partial charge in [0.2, 0.25) is 5.91 Å². The first-order valence-corrected chi connectivity index (χ1v) is 3.91. The highest BCUT2D eigenvalue weighted by Gasteiger charge is 2.10. The van der Waals surface area contributed by atoms with Gasteiger partial charge >= 0.3 is 5.97 Å². The lowest BCUT2D eigenvalue weighted by atomic mass is 10.2. The van der Waals surface area contributed by atoms with E-state index < -0.39 is 12.0 Å². The second-order valence-electron chi connectivity index (χ2n) is 2.72. The number of nitrogens with zero attached hydrogens (tertiary/aromatic N) is 1. The summed E-state index contributed by atoms with van der Waals surface area (Å²) in [5, 5.41) is 9.71. The summed E-state index contributed by atoms with van der Waals surface area (Å²) in [6.07, 6.45) is 0.285. The topological polar surface area (TPSA) is 95.7 Å². The van der Waals surface area contributed by atoms with Crippen molar-refractivity contribution in [3.8, 4) is 0 Å². The summed E-state index contributed by atoms with van der Waals surface area (Å²) in [4.78, 5) is 20.9. The molecule has 1 amide bonds. The third-order valence-corrected chi connectivity index (χ3v) is 1.59. The predicted octanol–water partition coefficient (Wildman–Crippen LogP) is -1.23. The molecule has 0 aromatic heterocycles. The van der Waals surface area contributed by atoms with Gasteiger partial charge in [-0.15, -0.1) is 0 Å². The van der Waals surface area contributed by atoms with Crippen molar-refractivity contribution in [3.05, 3.63) is 0 Å². The second kappa shape index (κ2) is 5.50. The Kier molecular flexibility index (Phi) is 5.01. The lowest BCUT2D eigenvalue weighted by Gasteiger charge is -2.16. The fraction of sp³-hybridized carbons (Fsp3) is 0.714. The first-order valence-electron chi connectivity index (χ1n) is 3.91. The van der Waals surface area contributed by atoms with Crippen LogP contribution in [0.5, 0.6) is 0 Å². The average Bonchev–Trinajstić information content (AvgIpc) is 2.03. The van der Waals surface area contributed by atoms with Crippen LogP contribution in [0.15, 0.2) is 0 Å². The van der Waals surface area contributed by atoms with Crippen LogP contribution in [0.4, 0.5) is 0 Å². The molecule has 0 spiro atoms. The standard InChI is InChI=1S/C7H15N3O3/c1-5(11)10(2)9-4-3-6(8)7(12)13/h6,9H,3-4,8H2,1-2H3,(H,12,13)/t6-/m0/s1. The van der Waals surface area contributed by atoms with Crippen molar-refractivity contribution in [2.24, 2.45) is 5.73 Å². The number of nitrogens with two attached hydrogens (primary N) is 1. The number of rotatable bonds is 5. The first kappa shape index (κ1) is 11.9. The fourth-order valence-electron chi connectivity index (χ4n) is 0.623. The molecule has 13 heavy (non-hydrogen) atoms. The summed E-state index contributed by atoms with van der Waals surface area (Å²) < 4.78 is 0. The molecule has 6 heteroatoms. The largest absolute Gasteiger partial charge is 0.480 e. The molecular weight excluding hydrogens is 174 g/mol. The fourth-order valence-corrected chi connectivity index (χ4v) is 0.623. The number of hydrogen-bond donors (Lipinski definition) is 3. The van der Waals surface area contributed by atoms with Crippen LogP contribution in [0.25, 0.3) is 0 Å².